The summed E-state index contributed by atoms with van der Waals surface area (Å²) in [6, 6.07) is 13.4. The lowest BCUT2D eigenvalue weighted by molar-refractivity contribution is -0.115. The average molecular weight is 334 g/mol. The first-order valence-corrected chi connectivity index (χ1v) is 7.06. The average Bonchev–Trinajstić information content (AvgIpc) is 2.38. The highest BCUT2D eigenvalue weighted by molar-refractivity contribution is 9.10. The Bertz CT molecular complexity index is 626. The first-order valence-electron chi connectivity index (χ1n) is 6.27. The smallest absolute Gasteiger partial charge is 0.228 e. The fourth-order valence-electron chi connectivity index (χ4n) is 1.98. The summed E-state index contributed by atoms with van der Waals surface area (Å²) in [5.41, 5.74) is 2.81. The molecule has 104 valence electrons. The van der Waals surface area contributed by atoms with E-state index in [9.17, 15) is 4.79 Å². The summed E-state index contributed by atoms with van der Waals surface area (Å²) in [5, 5.41) is 2.88. The van der Waals surface area contributed by atoms with E-state index < -0.39 is 0 Å². The van der Waals surface area contributed by atoms with Gasteiger partial charge >= 0.3 is 0 Å². The Balaban J connectivity index is 2.10. The van der Waals surface area contributed by atoms with Gasteiger partial charge in [0.2, 0.25) is 5.91 Å². The molecule has 4 heteroatoms. The van der Waals surface area contributed by atoms with Crippen molar-refractivity contribution >= 4 is 27.5 Å². The maximum atomic E-state index is 12.1. The minimum atomic E-state index is -0.0630. The molecule has 1 N–H and O–H groups in total. The minimum absolute atomic E-state index is 0.0630. The van der Waals surface area contributed by atoms with Crippen LogP contribution < -0.4 is 10.1 Å². The van der Waals surface area contributed by atoms with Crippen LogP contribution in [0.4, 0.5) is 5.69 Å². The van der Waals surface area contributed by atoms with Crippen LogP contribution in [0.5, 0.6) is 5.75 Å². The maximum absolute atomic E-state index is 12.1. The standard InChI is InChI=1S/C16H16BrNO2/c1-11-4-3-5-12(8-11)9-16(19)18-14-10-13(17)6-7-15(14)20-2/h3-8,10H,9H2,1-2H3,(H,18,19). The SMILES string of the molecule is COc1ccc(Br)cc1NC(=O)Cc1cccc(C)c1. The first-order chi connectivity index (χ1) is 9.58. The number of ether oxygens (including phenoxy) is 1. The van der Waals surface area contributed by atoms with E-state index in [1.165, 1.54) is 0 Å². The lowest BCUT2D eigenvalue weighted by atomic mass is 10.1. The number of amides is 1. The van der Waals surface area contributed by atoms with Gasteiger partial charge in [-0.2, -0.15) is 0 Å². The largest absolute Gasteiger partial charge is 0.495 e. The number of hydrogen-bond donors (Lipinski definition) is 1. The number of nitrogens with one attached hydrogen (secondary N) is 1. The summed E-state index contributed by atoms with van der Waals surface area (Å²) in [5.74, 6) is 0.581. The molecule has 0 heterocycles. The topological polar surface area (TPSA) is 38.3 Å². The monoisotopic (exact) mass is 333 g/mol. The van der Waals surface area contributed by atoms with Gasteiger partial charge in [-0.25, -0.2) is 0 Å². The Morgan fingerprint density at radius 3 is 2.75 bits per heavy atom. The zero-order chi connectivity index (χ0) is 14.5. The van der Waals surface area contributed by atoms with Gasteiger partial charge in [-0.15, -0.1) is 0 Å². The molecule has 0 spiro atoms. The number of anilines is 1. The van der Waals surface area contributed by atoms with Crippen LogP contribution in [0.2, 0.25) is 0 Å². The first kappa shape index (κ1) is 14.6. The number of rotatable bonds is 4. The van der Waals surface area contributed by atoms with Gasteiger partial charge in [0.1, 0.15) is 5.75 Å². The molecule has 0 aliphatic heterocycles. The third kappa shape index (κ3) is 3.84. The van der Waals surface area contributed by atoms with Crippen molar-refractivity contribution < 1.29 is 9.53 Å². The van der Waals surface area contributed by atoms with Crippen molar-refractivity contribution in [2.45, 2.75) is 13.3 Å². The van der Waals surface area contributed by atoms with Crippen LogP contribution in [0.3, 0.4) is 0 Å². The van der Waals surface area contributed by atoms with E-state index in [0.717, 1.165) is 15.6 Å². The van der Waals surface area contributed by atoms with Crippen molar-refractivity contribution in [3.63, 3.8) is 0 Å². The van der Waals surface area contributed by atoms with E-state index in [1.54, 1.807) is 7.11 Å². The molecular formula is C16H16BrNO2. The predicted molar refractivity (Wildman–Crippen MR) is 84.2 cm³/mol. The highest BCUT2D eigenvalue weighted by atomic mass is 79.9. The van der Waals surface area contributed by atoms with Crippen molar-refractivity contribution in [3.8, 4) is 5.75 Å². The highest BCUT2D eigenvalue weighted by Crippen LogP contribution is 2.28. The van der Waals surface area contributed by atoms with Gasteiger partial charge in [-0.05, 0) is 30.7 Å². The number of carbonyl (C=O) groups is 1. The lowest BCUT2D eigenvalue weighted by Gasteiger charge is -2.10. The van der Waals surface area contributed by atoms with E-state index in [4.69, 9.17) is 4.74 Å². The number of carbonyl (C=O) groups excluding carboxylic acids is 1. The fraction of sp³-hybridized carbons (Fsp3) is 0.188. The van der Waals surface area contributed by atoms with E-state index in [2.05, 4.69) is 21.2 Å². The third-order valence-electron chi connectivity index (χ3n) is 2.88. The van der Waals surface area contributed by atoms with Crippen LogP contribution >= 0.6 is 15.9 Å². The Labute approximate surface area is 127 Å². The van der Waals surface area contributed by atoms with Crippen LogP contribution in [0.15, 0.2) is 46.9 Å². The Hall–Kier alpha value is -1.81. The quantitative estimate of drug-likeness (QED) is 0.919. The summed E-state index contributed by atoms with van der Waals surface area (Å²) in [4.78, 5) is 12.1. The molecule has 1 amide bonds. The van der Waals surface area contributed by atoms with E-state index in [0.29, 0.717) is 17.9 Å². The molecule has 0 aromatic heterocycles. The second-order valence-electron chi connectivity index (χ2n) is 4.56. The predicted octanol–water partition coefficient (Wildman–Crippen LogP) is 3.95. The molecule has 20 heavy (non-hydrogen) atoms. The van der Waals surface area contributed by atoms with Crippen LogP contribution in [0.25, 0.3) is 0 Å². The number of hydrogen-bond acceptors (Lipinski definition) is 2. The fourth-order valence-corrected chi connectivity index (χ4v) is 2.34. The molecule has 3 nitrogen and oxygen atoms in total. The van der Waals surface area contributed by atoms with Crippen molar-refractivity contribution in [3.05, 3.63) is 58.1 Å². The molecule has 0 unspecified atom stereocenters. The molecule has 0 saturated heterocycles. The molecule has 0 fully saturated rings. The van der Waals surface area contributed by atoms with Crippen LogP contribution in [-0.2, 0) is 11.2 Å². The van der Waals surface area contributed by atoms with Crippen LogP contribution in [-0.4, -0.2) is 13.0 Å². The van der Waals surface area contributed by atoms with Crippen LogP contribution in [0.1, 0.15) is 11.1 Å². The normalized spacial score (nSPS) is 10.2. The van der Waals surface area contributed by atoms with Crippen LogP contribution in [0, 0.1) is 6.92 Å². The summed E-state index contributed by atoms with van der Waals surface area (Å²) in [6.45, 7) is 2.01. The Kier molecular flexibility index (Phi) is 4.79. The van der Waals surface area contributed by atoms with E-state index in [1.807, 2.05) is 49.4 Å². The molecule has 0 bridgehead atoms. The summed E-state index contributed by atoms with van der Waals surface area (Å²) >= 11 is 3.38. The summed E-state index contributed by atoms with van der Waals surface area (Å²) in [7, 11) is 1.58. The summed E-state index contributed by atoms with van der Waals surface area (Å²) in [6.07, 6.45) is 0.345. The van der Waals surface area contributed by atoms with Gasteiger partial charge in [0.15, 0.2) is 0 Å². The van der Waals surface area contributed by atoms with Gasteiger partial charge in [0, 0.05) is 4.47 Å². The highest BCUT2D eigenvalue weighted by Gasteiger charge is 2.09. The second kappa shape index (κ2) is 6.57. The minimum Gasteiger partial charge on any atom is -0.495 e. The van der Waals surface area contributed by atoms with E-state index in [-0.39, 0.29) is 5.91 Å². The molecule has 2 aromatic rings. The molecule has 0 radical (unpaired) electrons. The zero-order valence-electron chi connectivity index (χ0n) is 11.4. The van der Waals surface area contributed by atoms with Gasteiger partial charge in [0.25, 0.3) is 0 Å². The molecule has 0 atom stereocenters. The molecule has 2 aromatic carbocycles. The third-order valence-corrected chi connectivity index (χ3v) is 3.38. The van der Waals surface area contributed by atoms with Crippen molar-refractivity contribution in [2.24, 2.45) is 0 Å². The molecular weight excluding hydrogens is 318 g/mol. The van der Waals surface area contributed by atoms with Gasteiger partial charge in [0.05, 0.1) is 19.2 Å². The van der Waals surface area contributed by atoms with E-state index >= 15 is 0 Å². The number of methoxy groups -OCH3 is 1. The zero-order valence-corrected chi connectivity index (χ0v) is 13.0. The lowest BCUT2D eigenvalue weighted by Crippen LogP contribution is -2.15. The van der Waals surface area contributed by atoms with Crippen molar-refractivity contribution in [2.75, 3.05) is 12.4 Å². The molecule has 0 saturated carbocycles. The van der Waals surface area contributed by atoms with Crippen molar-refractivity contribution in [1.82, 2.24) is 0 Å². The number of halogens is 1. The molecule has 0 aliphatic carbocycles. The van der Waals surface area contributed by atoms with Gasteiger partial charge in [-0.3, -0.25) is 4.79 Å². The number of benzene rings is 2. The van der Waals surface area contributed by atoms with Gasteiger partial charge < -0.3 is 10.1 Å². The second-order valence-corrected chi connectivity index (χ2v) is 5.47. The van der Waals surface area contributed by atoms with Gasteiger partial charge in [-0.1, -0.05) is 45.8 Å². The number of aryl methyl sites for hydroxylation is 1. The Morgan fingerprint density at radius 1 is 1.25 bits per heavy atom. The molecule has 2 rings (SSSR count). The maximum Gasteiger partial charge on any atom is 0.228 e. The summed E-state index contributed by atoms with van der Waals surface area (Å²) < 4.78 is 6.13. The molecule has 0 aliphatic rings. The van der Waals surface area contributed by atoms with Crippen molar-refractivity contribution in [1.29, 1.82) is 0 Å². The Morgan fingerprint density at radius 2 is 2.05 bits per heavy atom.